The van der Waals surface area contributed by atoms with E-state index in [4.69, 9.17) is 16.7 Å². The van der Waals surface area contributed by atoms with Gasteiger partial charge in [-0.25, -0.2) is 4.39 Å². The smallest absolute Gasteiger partial charge is 0.166 e. The molecule has 0 aliphatic carbocycles. The average molecular weight is 199 g/mol. The molecule has 0 spiro atoms. The van der Waals surface area contributed by atoms with Gasteiger partial charge in [0.15, 0.2) is 11.6 Å². The molecule has 1 rings (SSSR count). The molecule has 0 heterocycles. The van der Waals surface area contributed by atoms with Gasteiger partial charge in [0.2, 0.25) is 0 Å². The van der Waals surface area contributed by atoms with Gasteiger partial charge in [-0.05, 0) is 18.2 Å². The fourth-order valence-electron chi connectivity index (χ4n) is 0.796. The number of benzene rings is 1. The third-order valence-corrected chi connectivity index (χ3v) is 1.59. The molecule has 0 amide bonds. The van der Waals surface area contributed by atoms with Crippen LogP contribution in [-0.2, 0) is 0 Å². The molecule has 1 N–H and O–H groups in total. The molecule has 0 radical (unpaired) electrons. The van der Waals surface area contributed by atoms with Crippen LogP contribution in [0, 0.1) is 17.7 Å². The van der Waals surface area contributed by atoms with Gasteiger partial charge in [0, 0.05) is 17.9 Å². The second-order valence-electron chi connectivity index (χ2n) is 2.41. The van der Waals surface area contributed by atoms with Crippen LogP contribution < -0.4 is 0 Å². The van der Waals surface area contributed by atoms with Crippen molar-refractivity contribution >= 4 is 11.6 Å². The minimum Gasteiger partial charge on any atom is -0.505 e. The summed E-state index contributed by atoms with van der Waals surface area (Å²) in [5.41, 5.74) is 0.542. The van der Waals surface area contributed by atoms with Crippen molar-refractivity contribution in [2.75, 3.05) is 5.88 Å². The molecule has 0 atom stereocenters. The quantitative estimate of drug-likeness (QED) is 0.543. The molecule has 68 valence electrons. The Morgan fingerprint density at radius 2 is 2.23 bits per heavy atom. The van der Waals surface area contributed by atoms with Crippen LogP contribution in [0.5, 0.6) is 5.75 Å². The van der Waals surface area contributed by atoms with Crippen molar-refractivity contribution in [2.24, 2.45) is 0 Å². The van der Waals surface area contributed by atoms with Gasteiger partial charge in [-0.2, -0.15) is 0 Å². The van der Waals surface area contributed by atoms with E-state index in [1.54, 1.807) is 6.07 Å². The summed E-state index contributed by atoms with van der Waals surface area (Å²) in [6.45, 7) is 0. The van der Waals surface area contributed by atoms with Gasteiger partial charge in [0.05, 0.1) is 0 Å². The summed E-state index contributed by atoms with van der Waals surface area (Å²) < 4.78 is 12.7. The molecule has 0 fully saturated rings. The lowest BCUT2D eigenvalue weighted by Gasteiger charge is -1.94. The molecule has 0 aliphatic rings. The van der Waals surface area contributed by atoms with Gasteiger partial charge in [-0.3, -0.25) is 0 Å². The summed E-state index contributed by atoms with van der Waals surface area (Å²) in [4.78, 5) is 0. The summed E-state index contributed by atoms with van der Waals surface area (Å²) >= 11 is 5.41. The second-order valence-corrected chi connectivity index (χ2v) is 2.78. The van der Waals surface area contributed by atoms with Crippen LogP contribution in [0.1, 0.15) is 12.0 Å². The molecule has 0 saturated carbocycles. The zero-order valence-corrected chi connectivity index (χ0v) is 7.61. The van der Waals surface area contributed by atoms with Crippen LogP contribution in [0.25, 0.3) is 0 Å². The SMILES string of the molecule is Oc1ccc(C#CCCCl)cc1F. The Morgan fingerprint density at radius 3 is 2.85 bits per heavy atom. The summed E-state index contributed by atoms with van der Waals surface area (Å²) in [7, 11) is 0. The molecule has 0 saturated heterocycles. The molecular weight excluding hydrogens is 191 g/mol. The number of hydrogen-bond donors (Lipinski definition) is 1. The van der Waals surface area contributed by atoms with Gasteiger partial charge in [0.1, 0.15) is 0 Å². The molecule has 13 heavy (non-hydrogen) atoms. The van der Waals surface area contributed by atoms with Crippen LogP contribution in [0.4, 0.5) is 4.39 Å². The first-order valence-electron chi connectivity index (χ1n) is 3.77. The van der Waals surface area contributed by atoms with E-state index in [9.17, 15) is 4.39 Å². The minimum atomic E-state index is -0.655. The van der Waals surface area contributed by atoms with Crippen LogP contribution >= 0.6 is 11.6 Å². The number of hydrogen-bond acceptors (Lipinski definition) is 1. The Hall–Kier alpha value is -1.20. The number of rotatable bonds is 1. The maximum atomic E-state index is 12.7. The topological polar surface area (TPSA) is 20.2 Å². The Bertz CT molecular complexity index is 352. The first kappa shape index (κ1) is 9.88. The first-order chi connectivity index (χ1) is 6.24. The first-order valence-corrected chi connectivity index (χ1v) is 4.31. The predicted molar refractivity (Wildman–Crippen MR) is 50.3 cm³/mol. The highest BCUT2D eigenvalue weighted by atomic mass is 35.5. The summed E-state index contributed by atoms with van der Waals surface area (Å²) in [6.07, 6.45) is 0.573. The molecule has 1 nitrogen and oxygen atoms in total. The van der Waals surface area contributed by atoms with Gasteiger partial charge < -0.3 is 5.11 Å². The van der Waals surface area contributed by atoms with Crippen LogP contribution in [0.3, 0.4) is 0 Å². The summed E-state index contributed by atoms with van der Waals surface area (Å²) in [6, 6.07) is 4.02. The molecular formula is C10H8ClFO. The molecule has 0 bridgehead atoms. The van der Waals surface area contributed by atoms with E-state index in [2.05, 4.69) is 11.8 Å². The fraction of sp³-hybridized carbons (Fsp3) is 0.200. The lowest BCUT2D eigenvalue weighted by atomic mass is 10.2. The monoisotopic (exact) mass is 198 g/mol. The maximum absolute atomic E-state index is 12.7. The van der Waals surface area contributed by atoms with Crippen molar-refractivity contribution in [3.63, 3.8) is 0 Å². The number of aromatic hydroxyl groups is 1. The van der Waals surface area contributed by atoms with Gasteiger partial charge >= 0.3 is 0 Å². The molecule has 1 aromatic carbocycles. The van der Waals surface area contributed by atoms with Crippen molar-refractivity contribution in [1.29, 1.82) is 0 Å². The Balaban J connectivity index is 2.81. The molecule has 0 unspecified atom stereocenters. The van der Waals surface area contributed by atoms with Crippen molar-refractivity contribution < 1.29 is 9.50 Å². The number of phenolic OH excluding ortho intramolecular Hbond substituents is 1. The van der Waals surface area contributed by atoms with Gasteiger partial charge in [-0.1, -0.05) is 11.8 Å². The standard InChI is InChI=1S/C10H8ClFO/c11-6-2-1-3-8-4-5-10(13)9(12)7-8/h4-5,7,13H,2,6H2. The van der Waals surface area contributed by atoms with E-state index in [0.717, 1.165) is 0 Å². The average Bonchev–Trinajstić information content (AvgIpc) is 2.12. The Labute approximate surface area is 81.2 Å². The Morgan fingerprint density at radius 1 is 1.46 bits per heavy atom. The number of alkyl halides is 1. The van der Waals surface area contributed by atoms with Crippen molar-refractivity contribution in [1.82, 2.24) is 0 Å². The van der Waals surface area contributed by atoms with E-state index >= 15 is 0 Å². The molecule has 1 aromatic rings. The summed E-state index contributed by atoms with van der Waals surface area (Å²) in [5, 5.41) is 8.87. The van der Waals surface area contributed by atoms with Crippen molar-refractivity contribution in [3.05, 3.63) is 29.6 Å². The van der Waals surface area contributed by atoms with Crippen molar-refractivity contribution in [3.8, 4) is 17.6 Å². The Kier molecular flexibility index (Phi) is 3.60. The molecule has 3 heteroatoms. The zero-order chi connectivity index (χ0) is 9.68. The molecule has 0 aliphatic heterocycles. The predicted octanol–water partition coefficient (Wildman–Crippen LogP) is 2.51. The van der Waals surface area contributed by atoms with Crippen LogP contribution in [-0.4, -0.2) is 11.0 Å². The highest BCUT2D eigenvalue weighted by molar-refractivity contribution is 6.18. The van der Waals surface area contributed by atoms with Crippen LogP contribution in [0.15, 0.2) is 18.2 Å². The number of phenols is 1. The van der Waals surface area contributed by atoms with E-state index < -0.39 is 5.82 Å². The fourth-order valence-corrected chi connectivity index (χ4v) is 0.891. The third-order valence-electron chi connectivity index (χ3n) is 1.40. The maximum Gasteiger partial charge on any atom is 0.166 e. The zero-order valence-electron chi connectivity index (χ0n) is 6.85. The van der Waals surface area contributed by atoms with E-state index in [0.29, 0.717) is 17.9 Å². The largest absolute Gasteiger partial charge is 0.505 e. The number of halogens is 2. The van der Waals surface area contributed by atoms with Gasteiger partial charge in [0.25, 0.3) is 0 Å². The lowest BCUT2D eigenvalue weighted by Crippen LogP contribution is -1.79. The van der Waals surface area contributed by atoms with Gasteiger partial charge in [-0.15, -0.1) is 11.6 Å². The third kappa shape index (κ3) is 2.96. The highest BCUT2D eigenvalue weighted by Gasteiger charge is 1.98. The van der Waals surface area contributed by atoms with E-state index in [1.807, 2.05) is 0 Å². The lowest BCUT2D eigenvalue weighted by molar-refractivity contribution is 0.432. The van der Waals surface area contributed by atoms with E-state index in [1.165, 1.54) is 12.1 Å². The van der Waals surface area contributed by atoms with E-state index in [-0.39, 0.29) is 5.75 Å². The normalized spacial score (nSPS) is 9.08. The van der Waals surface area contributed by atoms with Crippen LogP contribution in [0.2, 0.25) is 0 Å². The minimum absolute atomic E-state index is 0.358. The summed E-state index contributed by atoms with van der Waals surface area (Å²) in [5.74, 6) is 4.95. The second kappa shape index (κ2) is 4.74. The van der Waals surface area contributed by atoms with Crippen molar-refractivity contribution in [2.45, 2.75) is 6.42 Å². The highest BCUT2D eigenvalue weighted by Crippen LogP contribution is 2.15. The molecule has 0 aromatic heterocycles.